The average Bonchev–Trinajstić information content (AvgIpc) is 2.96. The Balaban J connectivity index is 1.70. The van der Waals surface area contributed by atoms with Crippen LogP contribution in [-0.2, 0) is 4.79 Å². The number of thiazole rings is 1. The first kappa shape index (κ1) is 14.7. The van der Waals surface area contributed by atoms with Crippen LogP contribution in [0.15, 0.2) is 35.7 Å². The van der Waals surface area contributed by atoms with Crippen LogP contribution in [0.4, 0.5) is 0 Å². The van der Waals surface area contributed by atoms with Gasteiger partial charge in [0, 0.05) is 17.5 Å². The fraction of sp³-hybridized carbons (Fsp3) is 0.312. The van der Waals surface area contributed by atoms with Gasteiger partial charge in [-0.15, -0.1) is 11.3 Å². The van der Waals surface area contributed by atoms with Crippen LogP contribution >= 0.6 is 11.3 Å². The highest BCUT2D eigenvalue weighted by molar-refractivity contribution is 7.13. The predicted octanol–water partition coefficient (Wildman–Crippen LogP) is 2.21. The molecule has 1 aliphatic heterocycles. The van der Waals surface area contributed by atoms with Crippen molar-refractivity contribution in [2.75, 3.05) is 6.54 Å². The number of nitrogens with zero attached hydrogens (tertiary/aromatic N) is 1. The first-order chi connectivity index (χ1) is 10.7. The quantitative estimate of drug-likeness (QED) is 0.912. The minimum atomic E-state index is -0.461. The van der Waals surface area contributed by atoms with E-state index in [0.717, 1.165) is 23.4 Å². The third-order valence-electron chi connectivity index (χ3n) is 3.60. The van der Waals surface area contributed by atoms with Crippen molar-refractivity contribution in [3.8, 4) is 10.6 Å². The van der Waals surface area contributed by atoms with E-state index < -0.39 is 6.04 Å². The molecule has 2 heterocycles. The lowest BCUT2D eigenvalue weighted by molar-refractivity contribution is -0.122. The molecule has 22 heavy (non-hydrogen) atoms. The summed E-state index contributed by atoms with van der Waals surface area (Å²) >= 11 is 1.43. The van der Waals surface area contributed by atoms with Gasteiger partial charge in [0.25, 0.3) is 5.91 Å². The summed E-state index contributed by atoms with van der Waals surface area (Å²) in [5.41, 5.74) is 1.35. The molecular weight excluding hydrogens is 298 g/mol. The maximum Gasteiger partial charge on any atom is 0.271 e. The SMILES string of the molecule is O=C(N[C@@H]1CCCCNC1=O)c1csc(-c2ccccc2)n1. The molecule has 0 radical (unpaired) electrons. The molecule has 1 aromatic carbocycles. The molecule has 0 bridgehead atoms. The number of carbonyl (C=O) groups excluding carboxylic acids is 2. The number of rotatable bonds is 3. The molecule has 0 saturated carbocycles. The van der Waals surface area contributed by atoms with Gasteiger partial charge in [0.2, 0.25) is 5.91 Å². The molecule has 2 amide bonds. The molecular formula is C16H17N3O2S. The Hall–Kier alpha value is -2.21. The number of benzene rings is 1. The monoisotopic (exact) mass is 315 g/mol. The van der Waals surface area contributed by atoms with E-state index in [1.165, 1.54) is 11.3 Å². The minimum Gasteiger partial charge on any atom is -0.354 e. The van der Waals surface area contributed by atoms with E-state index in [4.69, 9.17) is 0 Å². The van der Waals surface area contributed by atoms with Gasteiger partial charge >= 0.3 is 0 Å². The zero-order valence-electron chi connectivity index (χ0n) is 12.0. The zero-order chi connectivity index (χ0) is 15.4. The molecule has 0 spiro atoms. The second kappa shape index (κ2) is 6.70. The molecule has 2 aromatic rings. The van der Waals surface area contributed by atoms with Gasteiger partial charge < -0.3 is 10.6 Å². The lowest BCUT2D eigenvalue weighted by Gasteiger charge is -2.14. The molecule has 2 N–H and O–H groups in total. The third-order valence-corrected chi connectivity index (χ3v) is 4.49. The molecule has 1 atom stereocenters. The van der Waals surface area contributed by atoms with Gasteiger partial charge in [0.15, 0.2) is 0 Å². The highest BCUT2D eigenvalue weighted by Gasteiger charge is 2.23. The van der Waals surface area contributed by atoms with Crippen LogP contribution in [0.3, 0.4) is 0 Å². The second-order valence-electron chi connectivity index (χ2n) is 5.22. The van der Waals surface area contributed by atoms with Crippen molar-refractivity contribution in [1.82, 2.24) is 15.6 Å². The van der Waals surface area contributed by atoms with Gasteiger partial charge in [0.05, 0.1) is 0 Å². The van der Waals surface area contributed by atoms with Crippen molar-refractivity contribution in [1.29, 1.82) is 0 Å². The van der Waals surface area contributed by atoms with Gasteiger partial charge in [-0.3, -0.25) is 9.59 Å². The first-order valence-corrected chi connectivity index (χ1v) is 8.21. The Kier molecular flexibility index (Phi) is 4.48. The van der Waals surface area contributed by atoms with Crippen molar-refractivity contribution in [3.63, 3.8) is 0 Å². The maximum atomic E-state index is 12.3. The van der Waals surface area contributed by atoms with E-state index in [9.17, 15) is 9.59 Å². The van der Waals surface area contributed by atoms with Gasteiger partial charge in [-0.1, -0.05) is 30.3 Å². The lowest BCUT2D eigenvalue weighted by Crippen LogP contribution is -2.45. The highest BCUT2D eigenvalue weighted by atomic mass is 32.1. The van der Waals surface area contributed by atoms with Gasteiger partial charge in [-0.2, -0.15) is 0 Å². The second-order valence-corrected chi connectivity index (χ2v) is 6.07. The highest BCUT2D eigenvalue weighted by Crippen LogP contribution is 2.23. The Morgan fingerprint density at radius 2 is 2.09 bits per heavy atom. The van der Waals surface area contributed by atoms with Crippen molar-refractivity contribution < 1.29 is 9.59 Å². The van der Waals surface area contributed by atoms with Crippen molar-refractivity contribution in [2.24, 2.45) is 0 Å². The molecule has 0 aliphatic carbocycles. The van der Waals surface area contributed by atoms with Crippen molar-refractivity contribution in [3.05, 3.63) is 41.4 Å². The predicted molar refractivity (Wildman–Crippen MR) is 85.7 cm³/mol. The van der Waals surface area contributed by atoms with E-state index in [1.807, 2.05) is 30.3 Å². The summed E-state index contributed by atoms with van der Waals surface area (Å²) in [4.78, 5) is 28.5. The van der Waals surface area contributed by atoms with Gasteiger partial charge in [0.1, 0.15) is 16.7 Å². The molecule has 1 saturated heterocycles. The van der Waals surface area contributed by atoms with Crippen molar-refractivity contribution in [2.45, 2.75) is 25.3 Å². The number of aromatic nitrogens is 1. The maximum absolute atomic E-state index is 12.3. The Labute approximate surface area is 132 Å². The zero-order valence-corrected chi connectivity index (χ0v) is 12.9. The molecule has 1 fully saturated rings. The number of nitrogens with one attached hydrogen (secondary N) is 2. The number of amides is 2. The summed E-state index contributed by atoms with van der Waals surface area (Å²) in [7, 11) is 0. The summed E-state index contributed by atoms with van der Waals surface area (Å²) in [6, 6.07) is 9.27. The fourth-order valence-electron chi connectivity index (χ4n) is 2.40. The van der Waals surface area contributed by atoms with E-state index in [2.05, 4.69) is 15.6 Å². The summed E-state index contributed by atoms with van der Waals surface area (Å²) in [6.07, 6.45) is 2.55. The number of carbonyl (C=O) groups is 2. The van der Waals surface area contributed by atoms with Crippen LogP contribution in [0.5, 0.6) is 0 Å². The molecule has 1 aliphatic rings. The Bertz CT molecular complexity index is 669. The topological polar surface area (TPSA) is 71.1 Å². The Morgan fingerprint density at radius 3 is 2.91 bits per heavy atom. The standard InChI is InChI=1S/C16H17N3O2S/c20-14-12(8-4-5-9-17-14)18-15(21)13-10-22-16(19-13)11-6-2-1-3-7-11/h1-3,6-7,10,12H,4-5,8-9H2,(H,17,20)(H,18,21)/t12-/m1/s1. The van der Waals surface area contributed by atoms with E-state index in [-0.39, 0.29) is 11.8 Å². The van der Waals surface area contributed by atoms with E-state index >= 15 is 0 Å². The molecule has 5 nitrogen and oxygen atoms in total. The van der Waals surface area contributed by atoms with Crippen LogP contribution in [0.2, 0.25) is 0 Å². The van der Waals surface area contributed by atoms with Crippen LogP contribution < -0.4 is 10.6 Å². The summed E-state index contributed by atoms with van der Waals surface area (Å²) in [5.74, 6) is -0.398. The molecule has 6 heteroatoms. The fourth-order valence-corrected chi connectivity index (χ4v) is 3.21. The smallest absolute Gasteiger partial charge is 0.271 e. The summed E-state index contributed by atoms with van der Waals surface area (Å²) < 4.78 is 0. The van der Waals surface area contributed by atoms with Crippen molar-refractivity contribution >= 4 is 23.2 Å². The molecule has 1 aromatic heterocycles. The van der Waals surface area contributed by atoms with E-state index in [1.54, 1.807) is 5.38 Å². The van der Waals surface area contributed by atoms with E-state index in [0.29, 0.717) is 18.7 Å². The average molecular weight is 315 g/mol. The lowest BCUT2D eigenvalue weighted by atomic mass is 10.1. The van der Waals surface area contributed by atoms with Crippen LogP contribution in [0, 0.1) is 0 Å². The summed E-state index contributed by atoms with van der Waals surface area (Å²) in [6.45, 7) is 0.681. The molecule has 0 unspecified atom stereocenters. The number of hydrogen-bond donors (Lipinski definition) is 2. The number of hydrogen-bond acceptors (Lipinski definition) is 4. The van der Waals surface area contributed by atoms with Crippen LogP contribution in [0.25, 0.3) is 10.6 Å². The van der Waals surface area contributed by atoms with Gasteiger partial charge in [-0.25, -0.2) is 4.98 Å². The first-order valence-electron chi connectivity index (χ1n) is 7.33. The normalized spacial score (nSPS) is 18.4. The Morgan fingerprint density at radius 1 is 1.27 bits per heavy atom. The van der Waals surface area contributed by atoms with Crippen LogP contribution in [0.1, 0.15) is 29.8 Å². The molecule has 114 valence electrons. The van der Waals surface area contributed by atoms with Crippen LogP contribution in [-0.4, -0.2) is 29.4 Å². The largest absolute Gasteiger partial charge is 0.354 e. The summed E-state index contributed by atoms with van der Waals surface area (Å²) in [5, 5.41) is 8.12. The third kappa shape index (κ3) is 3.33. The minimum absolute atomic E-state index is 0.107. The molecule has 3 rings (SSSR count). The van der Waals surface area contributed by atoms with Gasteiger partial charge in [-0.05, 0) is 19.3 Å².